The van der Waals surface area contributed by atoms with Gasteiger partial charge in [0.05, 0.1) is 17.2 Å². The SMILES string of the molecule is CC(C)OC(=O)[C@H](Cc1ccc(OC(=O)c2ccccc2)c(OC(=O)c2ccccc2)c1)NC(=O)C1CCNCC1. The fraction of sp³-hybridized carbons (Fsp3) is 0.312. The first-order valence-corrected chi connectivity index (χ1v) is 13.7. The smallest absolute Gasteiger partial charge is 0.343 e. The van der Waals surface area contributed by atoms with Gasteiger partial charge in [0.15, 0.2) is 11.5 Å². The summed E-state index contributed by atoms with van der Waals surface area (Å²) < 4.78 is 16.7. The molecule has 4 rings (SSSR count). The first-order chi connectivity index (χ1) is 19.8. The maximum atomic E-state index is 13.0. The topological polar surface area (TPSA) is 120 Å². The van der Waals surface area contributed by atoms with Crippen LogP contribution in [-0.2, 0) is 20.7 Å². The van der Waals surface area contributed by atoms with Gasteiger partial charge in [-0.2, -0.15) is 0 Å². The third kappa shape index (κ3) is 8.49. The molecular weight excluding hydrogens is 524 g/mol. The third-order valence-electron chi connectivity index (χ3n) is 6.54. The van der Waals surface area contributed by atoms with E-state index >= 15 is 0 Å². The van der Waals surface area contributed by atoms with Gasteiger partial charge in [0.1, 0.15) is 6.04 Å². The molecule has 0 bridgehead atoms. The molecule has 41 heavy (non-hydrogen) atoms. The van der Waals surface area contributed by atoms with Gasteiger partial charge in [-0.15, -0.1) is 0 Å². The Morgan fingerprint density at radius 3 is 1.93 bits per heavy atom. The molecule has 1 aliphatic heterocycles. The Kier molecular flexibility index (Phi) is 10.2. The Morgan fingerprint density at radius 1 is 0.805 bits per heavy atom. The molecule has 214 valence electrons. The Hall–Kier alpha value is -4.50. The molecule has 1 heterocycles. The van der Waals surface area contributed by atoms with E-state index in [-0.39, 0.29) is 35.8 Å². The van der Waals surface area contributed by atoms with E-state index in [4.69, 9.17) is 14.2 Å². The molecule has 9 nitrogen and oxygen atoms in total. The zero-order chi connectivity index (χ0) is 29.2. The van der Waals surface area contributed by atoms with Gasteiger partial charge in [0.25, 0.3) is 0 Å². The van der Waals surface area contributed by atoms with Gasteiger partial charge in [0.2, 0.25) is 5.91 Å². The number of esters is 3. The van der Waals surface area contributed by atoms with E-state index in [1.165, 1.54) is 12.1 Å². The second-order valence-corrected chi connectivity index (χ2v) is 10.1. The highest BCUT2D eigenvalue weighted by molar-refractivity contribution is 5.93. The van der Waals surface area contributed by atoms with E-state index < -0.39 is 23.9 Å². The standard InChI is InChI=1S/C32H34N2O7/c1-21(2)39-32(38)26(34-29(35)23-15-17-33-18-16-23)19-22-13-14-27(40-30(36)24-9-5-3-6-10-24)28(20-22)41-31(37)25-11-7-4-8-12-25/h3-14,20-21,23,26,33H,15-19H2,1-2H3,(H,34,35)/t26-/m0/s1. The predicted molar refractivity (Wildman–Crippen MR) is 152 cm³/mol. The molecule has 2 N–H and O–H groups in total. The summed E-state index contributed by atoms with van der Waals surface area (Å²) in [7, 11) is 0. The van der Waals surface area contributed by atoms with Gasteiger partial charge in [-0.25, -0.2) is 14.4 Å². The lowest BCUT2D eigenvalue weighted by atomic mass is 9.96. The minimum absolute atomic E-state index is 0.00120. The van der Waals surface area contributed by atoms with Crippen molar-refractivity contribution >= 4 is 23.8 Å². The molecule has 1 aliphatic rings. The van der Waals surface area contributed by atoms with Crippen LogP contribution in [0.2, 0.25) is 0 Å². The monoisotopic (exact) mass is 558 g/mol. The van der Waals surface area contributed by atoms with E-state index in [2.05, 4.69) is 10.6 Å². The molecule has 3 aromatic rings. The number of hydrogen-bond donors (Lipinski definition) is 2. The summed E-state index contributed by atoms with van der Waals surface area (Å²) in [5.74, 6) is -2.20. The van der Waals surface area contributed by atoms with Gasteiger partial charge in [-0.1, -0.05) is 42.5 Å². The summed E-state index contributed by atoms with van der Waals surface area (Å²) in [6.07, 6.45) is 1.06. The van der Waals surface area contributed by atoms with Crippen molar-refractivity contribution in [2.24, 2.45) is 5.92 Å². The van der Waals surface area contributed by atoms with Crippen molar-refractivity contribution in [3.05, 3.63) is 95.6 Å². The Morgan fingerprint density at radius 2 is 1.37 bits per heavy atom. The molecule has 1 atom stereocenters. The average Bonchev–Trinajstić information content (AvgIpc) is 2.99. The molecule has 1 fully saturated rings. The molecule has 0 spiro atoms. The fourth-order valence-corrected chi connectivity index (χ4v) is 4.43. The van der Waals surface area contributed by atoms with E-state index in [0.29, 0.717) is 29.5 Å². The third-order valence-corrected chi connectivity index (χ3v) is 6.54. The van der Waals surface area contributed by atoms with Crippen LogP contribution >= 0.6 is 0 Å². The summed E-state index contributed by atoms with van der Waals surface area (Å²) in [4.78, 5) is 51.7. The van der Waals surface area contributed by atoms with Crippen molar-refractivity contribution in [2.75, 3.05) is 13.1 Å². The van der Waals surface area contributed by atoms with Crippen molar-refractivity contribution in [1.29, 1.82) is 0 Å². The molecule has 0 radical (unpaired) electrons. The number of ether oxygens (including phenoxy) is 3. The zero-order valence-corrected chi connectivity index (χ0v) is 23.1. The molecule has 3 aromatic carbocycles. The lowest BCUT2D eigenvalue weighted by Crippen LogP contribution is -2.48. The highest BCUT2D eigenvalue weighted by Crippen LogP contribution is 2.31. The van der Waals surface area contributed by atoms with Crippen LogP contribution in [0.25, 0.3) is 0 Å². The molecule has 1 saturated heterocycles. The quantitative estimate of drug-likeness (QED) is 0.282. The molecule has 1 amide bonds. The number of amides is 1. The number of carbonyl (C=O) groups is 4. The van der Waals surface area contributed by atoms with E-state index in [1.54, 1.807) is 80.6 Å². The number of nitrogens with one attached hydrogen (secondary N) is 2. The lowest BCUT2D eigenvalue weighted by molar-refractivity contribution is -0.151. The van der Waals surface area contributed by atoms with E-state index in [0.717, 1.165) is 13.1 Å². The van der Waals surface area contributed by atoms with Crippen LogP contribution in [-0.4, -0.2) is 49.1 Å². The van der Waals surface area contributed by atoms with Crippen LogP contribution < -0.4 is 20.1 Å². The molecule has 0 unspecified atom stereocenters. The highest BCUT2D eigenvalue weighted by Gasteiger charge is 2.29. The summed E-state index contributed by atoms with van der Waals surface area (Å²) in [6, 6.07) is 20.6. The Bertz CT molecular complexity index is 1350. The van der Waals surface area contributed by atoms with Crippen LogP contribution in [0.15, 0.2) is 78.9 Å². The molecule has 9 heteroatoms. The van der Waals surface area contributed by atoms with Crippen LogP contribution in [0.3, 0.4) is 0 Å². The minimum atomic E-state index is -0.963. The van der Waals surface area contributed by atoms with Crippen molar-refractivity contribution in [2.45, 2.75) is 45.3 Å². The van der Waals surface area contributed by atoms with Crippen molar-refractivity contribution < 1.29 is 33.4 Å². The largest absolute Gasteiger partial charge is 0.461 e. The maximum absolute atomic E-state index is 13.0. The molecule has 0 aromatic heterocycles. The first-order valence-electron chi connectivity index (χ1n) is 13.7. The molecular formula is C32H34N2O7. The number of piperidine rings is 1. The van der Waals surface area contributed by atoms with Crippen LogP contribution in [0, 0.1) is 5.92 Å². The van der Waals surface area contributed by atoms with Crippen LogP contribution in [0.1, 0.15) is 53.0 Å². The summed E-state index contributed by atoms with van der Waals surface area (Å²) in [6.45, 7) is 4.94. The molecule has 0 aliphatic carbocycles. The zero-order valence-electron chi connectivity index (χ0n) is 23.1. The Labute approximate surface area is 239 Å². The second-order valence-electron chi connectivity index (χ2n) is 10.1. The van der Waals surface area contributed by atoms with E-state index in [9.17, 15) is 19.2 Å². The second kappa shape index (κ2) is 14.2. The summed E-state index contributed by atoms with van der Waals surface area (Å²) >= 11 is 0. The normalized spacial score (nSPS) is 14.1. The fourth-order valence-electron chi connectivity index (χ4n) is 4.43. The van der Waals surface area contributed by atoms with Crippen LogP contribution in [0.5, 0.6) is 11.5 Å². The predicted octanol–water partition coefficient (Wildman–Crippen LogP) is 4.10. The van der Waals surface area contributed by atoms with Gasteiger partial charge in [-0.05, 0) is 81.7 Å². The van der Waals surface area contributed by atoms with Crippen molar-refractivity contribution in [3.8, 4) is 11.5 Å². The lowest BCUT2D eigenvalue weighted by Gasteiger charge is -2.25. The molecule has 0 saturated carbocycles. The van der Waals surface area contributed by atoms with Gasteiger partial charge in [-0.3, -0.25) is 4.79 Å². The summed E-state index contributed by atoms with van der Waals surface area (Å²) in [5.41, 5.74) is 1.21. The van der Waals surface area contributed by atoms with Crippen molar-refractivity contribution in [1.82, 2.24) is 10.6 Å². The number of hydrogen-bond acceptors (Lipinski definition) is 8. The first kappa shape index (κ1) is 29.5. The van der Waals surface area contributed by atoms with Gasteiger partial charge in [0, 0.05) is 12.3 Å². The number of benzene rings is 3. The average molecular weight is 559 g/mol. The minimum Gasteiger partial charge on any atom is -0.461 e. The van der Waals surface area contributed by atoms with Crippen molar-refractivity contribution in [3.63, 3.8) is 0 Å². The van der Waals surface area contributed by atoms with E-state index in [1.807, 2.05) is 0 Å². The summed E-state index contributed by atoms with van der Waals surface area (Å²) in [5, 5.41) is 6.09. The number of carbonyl (C=O) groups excluding carboxylic acids is 4. The highest BCUT2D eigenvalue weighted by atomic mass is 16.6. The van der Waals surface area contributed by atoms with Gasteiger partial charge >= 0.3 is 17.9 Å². The Balaban J connectivity index is 1.60. The maximum Gasteiger partial charge on any atom is 0.343 e. The van der Waals surface area contributed by atoms with Gasteiger partial charge < -0.3 is 24.8 Å². The van der Waals surface area contributed by atoms with Crippen LogP contribution in [0.4, 0.5) is 0 Å². The number of rotatable bonds is 10.